The molecule has 9 fully saturated rings. The van der Waals surface area contributed by atoms with Crippen molar-refractivity contribution in [2.75, 3.05) is 26.2 Å². The van der Waals surface area contributed by atoms with Gasteiger partial charge in [-0.15, -0.1) is 0 Å². The maximum absolute atomic E-state index is 2.96. The fraction of sp³-hybridized carbons (Fsp3) is 1.00. The predicted molar refractivity (Wildman–Crippen MR) is 108 cm³/mol. The third-order valence-electron chi connectivity index (χ3n) is 10.6. The molecule has 8 aliphatic heterocycles. The molecule has 1 saturated carbocycles. The topological polar surface area (TPSA) is 9.72 Å². The second-order valence-corrected chi connectivity index (χ2v) is 12.0. The normalized spacial score (nSPS) is 55.7. The van der Waals surface area contributed by atoms with E-state index in [1.807, 2.05) is 0 Å². The average Bonchev–Trinajstić information content (AvgIpc) is 2.81. The SMILES string of the molecule is CC1N2C3CCC2CN(C3)C(C)(C)C(C)(C)C2C3CC2CN(C3)C1(C)C. The van der Waals surface area contributed by atoms with E-state index in [0.29, 0.717) is 22.5 Å². The zero-order chi connectivity index (χ0) is 18.6. The second kappa shape index (κ2) is 5.27. The van der Waals surface area contributed by atoms with E-state index < -0.39 is 0 Å². The van der Waals surface area contributed by atoms with Gasteiger partial charge in [0.2, 0.25) is 0 Å². The van der Waals surface area contributed by atoms with Crippen LogP contribution in [0, 0.1) is 23.2 Å². The summed E-state index contributed by atoms with van der Waals surface area (Å²) in [4.78, 5) is 8.77. The number of piperazine rings is 1. The Balaban J connectivity index is 1.60. The summed E-state index contributed by atoms with van der Waals surface area (Å²) in [7, 11) is 0. The maximum Gasteiger partial charge on any atom is 0.0306 e. The van der Waals surface area contributed by atoms with E-state index in [0.717, 1.165) is 29.8 Å². The molecule has 0 aromatic rings. The van der Waals surface area contributed by atoms with Crippen molar-refractivity contribution in [2.24, 2.45) is 23.2 Å². The molecule has 9 aliphatic rings. The van der Waals surface area contributed by atoms with Crippen molar-refractivity contribution in [1.29, 1.82) is 0 Å². The van der Waals surface area contributed by atoms with Gasteiger partial charge in [-0.2, -0.15) is 0 Å². The van der Waals surface area contributed by atoms with Gasteiger partial charge in [-0.1, -0.05) is 13.8 Å². The van der Waals surface area contributed by atoms with Crippen molar-refractivity contribution in [1.82, 2.24) is 14.7 Å². The summed E-state index contributed by atoms with van der Waals surface area (Å²) < 4.78 is 0. The molecule has 8 saturated heterocycles. The molecular formula is C23H41N3. The predicted octanol–water partition coefficient (Wildman–Crippen LogP) is 3.69. The van der Waals surface area contributed by atoms with Gasteiger partial charge < -0.3 is 0 Å². The van der Waals surface area contributed by atoms with Gasteiger partial charge in [0.05, 0.1) is 0 Å². The number of rotatable bonds is 0. The van der Waals surface area contributed by atoms with Crippen LogP contribution in [0.15, 0.2) is 0 Å². The highest BCUT2D eigenvalue weighted by Gasteiger charge is 2.62. The van der Waals surface area contributed by atoms with Gasteiger partial charge in [0.25, 0.3) is 0 Å². The van der Waals surface area contributed by atoms with Crippen LogP contribution < -0.4 is 0 Å². The van der Waals surface area contributed by atoms with Crippen LogP contribution in [-0.2, 0) is 0 Å². The summed E-state index contributed by atoms with van der Waals surface area (Å²) in [6.45, 7) is 23.3. The molecule has 5 unspecified atom stereocenters. The zero-order valence-electron chi connectivity index (χ0n) is 18.3. The smallest absolute Gasteiger partial charge is 0.0306 e. The fourth-order valence-corrected chi connectivity index (χ4v) is 8.01. The Kier molecular flexibility index (Phi) is 3.64. The largest absolute Gasteiger partial charge is 0.296 e. The van der Waals surface area contributed by atoms with Gasteiger partial charge in [-0.05, 0) is 77.0 Å². The van der Waals surface area contributed by atoms with Gasteiger partial charge >= 0.3 is 0 Å². The molecule has 3 heteroatoms. The molecule has 1 aliphatic carbocycles. The first-order valence-electron chi connectivity index (χ1n) is 11.3. The number of nitrogens with zero attached hydrogens (tertiary/aromatic N) is 3. The Labute approximate surface area is 161 Å². The molecule has 8 heterocycles. The molecule has 26 heavy (non-hydrogen) atoms. The third-order valence-corrected chi connectivity index (χ3v) is 10.6. The minimum atomic E-state index is 0.293. The highest BCUT2D eigenvalue weighted by Crippen LogP contribution is 2.60. The Morgan fingerprint density at radius 1 is 0.731 bits per heavy atom. The third kappa shape index (κ3) is 2.06. The van der Waals surface area contributed by atoms with E-state index in [2.05, 4.69) is 63.2 Å². The van der Waals surface area contributed by atoms with Crippen LogP contribution in [0.2, 0.25) is 0 Å². The Hall–Kier alpha value is -0.120. The highest BCUT2D eigenvalue weighted by molar-refractivity contribution is 5.15. The minimum Gasteiger partial charge on any atom is -0.296 e. The van der Waals surface area contributed by atoms with Crippen molar-refractivity contribution < 1.29 is 0 Å². The van der Waals surface area contributed by atoms with Crippen molar-refractivity contribution >= 4 is 0 Å². The Bertz CT molecular complexity index is 568. The molecule has 0 radical (unpaired) electrons. The highest BCUT2D eigenvalue weighted by atomic mass is 15.4. The first-order chi connectivity index (χ1) is 12.0. The molecule has 0 N–H and O–H groups in total. The second-order valence-electron chi connectivity index (χ2n) is 12.0. The minimum absolute atomic E-state index is 0.293. The summed E-state index contributed by atoms with van der Waals surface area (Å²) in [5.41, 5.74) is 0.981. The van der Waals surface area contributed by atoms with Gasteiger partial charge in [-0.3, -0.25) is 14.7 Å². The van der Waals surface area contributed by atoms with Crippen LogP contribution in [0.25, 0.3) is 0 Å². The molecule has 0 aromatic carbocycles. The molecule has 0 spiro atoms. The van der Waals surface area contributed by atoms with E-state index in [9.17, 15) is 0 Å². The molecule has 5 atom stereocenters. The number of hydrogen-bond acceptors (Lipinski definition) is 3. The molecule has 8 bridgehead atoms. The molecule has 148 valence electrons. The standard InChI is InChI=1S/C23H41N3/c1-15-22(4,5)24-11-16-10-17(12-24)20(16)21(2,3)23(6,7)25-13-18-8-9-19(14-25)26(15)18/h15-20H,8-14H2,1-7H3. The zero-order valence-corrected chi connectivity index (χ0v) is 18.3. The first kappa shape index (κ1) is 17.9. The van der Waals surface area contributed by atoms with E-state index in [4.69, 9.17) is 0 Å². The van der Waals surface area contributed by atoms with Crippen LogP contribution in [0.1, 0.15) is 67.7 Å². The van der Waals surface area contributed by atoms with Crippen LogP contribution in [0.5, 0.6) is 0 Å². The quantitative estimate of drug-likeness (QED) is 0.653. The van der Waals surface area contributed by atoms with E-state index in [1.165, 1.54) is 45.4 Å². The average molecular weight is 360 g/mol. The first-order valence-corrected chi connectivity index (χ1v) is 11.3. The van der Waals surface area contributed by atoms with Crippen molar-refractivity contribution in [3.8, 4) is 0 Å². The molecule has 9 rings (SSSR count). The Morgan fingerprint density at radius 2 is 1.27 bits per heavy atom. The van der Waals surface area contributed by atoms with Gasteiger partial charge in [-0.25, -0.2) is 0 Å². The fourth-order valence-electron chi connectivity index (χ4n) is 8.01. The lowest BCUT2D eigenvalue weighted by atomic mass is 9.47. The monoisotopic (exact) mass is 359 g/mol. The molecule has 0 aromatic heterocycles. The van der Waals surface area contributed by atoms with Crippen molar-refractivity contribution in [3.05, 3.63) is 0 Å². The number of piperidine rings is 2. The maximum atomic E-state index is 2.96. The molecule has 3 nitrogen and oxygen atoms in total. The molecular weight excluding hydrogens is 318 g/mol. The summed E-state index contributed by atoms with van der Waals surface area (Å²) in [6, 6.07) is 2.20. The van der Waals surface area contributed by atoms with Gasteiger partial charge in [0.1, 0.15) is 0 Å². The summed E-state index contributed by atoms with van der Waals surface area (Å²) in [5, 5.41) is 0. The lowest BCUT2D eigenvalue weighted by Crippen LogP contribution is -2.75. The lowest BCUT2D eigenvalue weighted by molar-refractivity contribution is -0.192. The van der Waals surface area contributed by atoms with Crippen LogP contribution >= 0.6 is 0 Å². The van der Waals surface area contributed by atoms with E-state index in [-0.39, 0.29) is 0 Å². The van der Waals surface area contributed by atoms with Crippen molar-refractivity contribution in [2.45, 2.75) is 96.9 Å². The van der Waals surface area contributed by atoms with Crippen molar-refractivity contribution in [3.63, 3.8) is 0 Å². The van der Waals surface area contributed by atoms with Crippen LogP contribution in [-0.4, -0.2) is 70.1 Å². The van der Waals surface area contributed by atoms with Crippen LogP contribution in [0.3, 0.4) is 0 Å². The Morgan fingerprint density at radius 3 is 1.81 bits per heavy atom. The molecule has 0 amide bonds. The lowest BCUT2D eigenvalue weighted by Gasteiger charge is -2.68. The summed E-state index contributed by atoms with van der Waals surface area (Å²) in [6.07, 6.45) is 4.31. The summed E-state index contributed by atoms with van der Waals surface area (Å²) >= 11 is 0. The van der Waals surface area contributed by atoms with Gasteiger partial charge in [0, 0.05) is 55.4 Å². The summed E-state index contributed by atoms with van der Waals surface area (Å²) in [5.74, 6) is 2.75. The van der Waals surface area contributed by atoms with E-state index in [1.54, 1.807) is 0 Å². The number of hydrogen-bond donors (Lipinski definition) is 0. The van der Waals surface area contributed by atoms with E-state index >= 15 is 0 Å². The van der Waals surface area contributed by atoms with Gasteiger partial charge in [0.15, 0.2) is 0 Å². The van der Waals surface area contributed by atoms with Crippen LogP contribution in [0.4, 0.5) is 0 Å².